The molecule has 5 nitrogen and oxygen atoms in total. The zero-order valence-corrected chi connectivity index (χ0v) is 13.4. The molecule has 0 aromatic rings. The van der Waals surface area contributed by atoms with Crippen LogP contribution in [0, 0.1) is 5.92 Å². The number of carbonyl (C=O) groups is 1. The Labute approximate surface area is 122 Å². The number of amides is 1. The van der Waals surface area contributed by atoms with Crippen molar-refractivity contribution in [3.63, 3.8) is 0 Å². The molecule has 6 heteroatoms. The summed E-state index contributed by atoms with van der Waals surface area (Å²) in [4.78, 5) is 14.7. The number of rotatable bonds is 3. The SMILES string of the molecule is CCC1CCCCN1C(=O)C1CCCN(S(C)(=O)=O)C1. The number of carbonyl (C=O) groups excluding carboxylic acids is 1. The second kappa shape index (κ2) is 6.43. The van der Waals surface area contributed by atoms with Crippen LogP contribution in [0.2, 0.25) is 0 Å². The predicted molar refractivity (Wildman–Crippen MR) is 78.8 cm³/mol. The van der Waals surface area contributed by atoms with Crippen LogP contribution in [-0.2, 0) is 14.8 Å². The van der Waals surface area contributed by atoms with Crippen LogP contribution in [0.3, 0.4) is 0 Å². The molecule has 0 aromatic heterocycles. The highest BCUT2D eigenvalue weighted by Gasteiger charge is 2.35. The van der Waals surface area contributed by atoms with Gasteiger partial charge in [-0.3, -0.25) is 4.79 Å². The van der Waals surface area contributed by atoms with Crippen molar-refractivity contribution >= 4 is 15.9 Å². The van der Waals surface area contributed by atoms with Crippen molar-refractivity contribution in [3.8, 4) is 0 Å². The predicted octanol–water partition coefficient (Wildman–Crippen LogP) is 1.45. The molecule has 0 bridgehead atoms. The van der Waals surface area contributed by atoms with E-state index in [0.717, 1.165) is 38.6 Å². The average molecular weight is 302 g/mol. The molecule has 2 aliphatic rings. The molecule has 20 heavy (non-hydrogen) atoms. The Morgan fingerprint density at radius 3 is 2.55 bits per heavy atom. The van der Waals surface area contributed by atoms with Crippen molar-refractivity contribution in [1.82, 2.24) is 9.21 Å². The molecule has 116 valence electrons. The van der Waals surface area contributed by atoms with Crippen LogP contribution in [0.1, 0.15) is 45.4 Å². The first-order chi connectivity index (χ1) is 9.43. The van der Waals surface area contributed by atoms with E-state index in [1.807, 2.05) is 4.90 Å². The Morgan fingerprint density at radius 2 is 1.90 bits per heavy atom. The van der Waals surface area contributed by atoms with Gasteiger partial charge in [0.1, 0.15) is 0 Å². The summed E-state index contributed by atoms with van der Waals surface area (Å²) in [6.45, 7) is 3.89. The van der Waals surface area contributed by atoms with Gasteiger partial charge in [-0.05, 0) is 38.5 Å². The highest BCUT2D eigenvalue weighted by molar-refractivity contribution is 7.88. The van der Waals surface area contributed by atoms with E-state index < -0.39 is 10.0 Å². The van der Waals surface area contributed by atoms with Crippen LogP contribution < -0.4 is 0 Å². The summed E-state index contributed by atoms with van der Waals surface area (Å²) >= 11 is 0. The maximum Gasteiger partial charge on any atom is 0.227 e. The van der Waals surface area contributed by atoms with Crippen LogP contribution >= 0.6 is 0 Å². The fourth-order valence-corrected chi connectivity index (χ4v) is 4.31. The number of likely N-dealkylation sites (tertiary alicyclic amines) is 1. The molecule has 2 aliphatic heterocycles. The standard InChI is InChI=1S/C14H26N2O3S/c1-3-13-8-4-5-10-16(13)14(17)12-7-6-9-15(11-12)20(2,18)19/h12-13H,3-11H2,1-2H3. The molecule has 0 radical (unpaired) electrons. The Morgan fingerprint density at radius 1 is 1.15 bits per heavy atom. The topological polar surface area (TPSA) is 57.7 Å². The molecule has 0 spiro atoms. The minimum atomic E-state index is -3.18. The molecule has 0 aromatic carbocycles. The summed E-state index contributed by atoms with van der Waals surface area (Å²) < 4.78 is 24.8. The average Bonchev–Trinajstić information content (AvgIpc) is 2.45. The van der Waals surface area contributed by atoms with Crippen LogP contribution in [0.15, 0.2) is 0 Å². The Bertz CT molecular complexity index is 449. The van der Waals surface area contributed by atoms with Crippen LogP contribution in [0.25, 0.3) is 0 Å². The number of hydrogen-bond acceptors (Lipinski definition) is 3. The third-order valence-corrected chi connectivity index (χ3v) is 5.85. The molecule has 2 unspecified atom stereocenters. The van der Waals surface area contributed by atoms with Crippen molar-refractivity contribution in [1.29, 1.82) is 0 Å². The van der Waals surface area contributed by atoms with Crippen LogP contribution in [0.4, 0.5) is 0 Å². The quantitative estimate of drug-likeness (QED) is 0.793. The molecule has 2 heterocycles. The monoisotopic (exact) mass is 302 g/mol. The van der Waals surface area contributed by atoms with Gasteiger partial charge in [0, 0.05) is 25.7 Å². The van der Waals surface area contributed by atoms with Crippen molar-refractivity contribution in [2.75, 3.05) is 25.9 Å². The first kappa shape index (κ1) is 15.8. The minimum Gasteiger partial charge on any atom is -0.339 e. The molecule has 1 amide bonds. The molecule has 0 N–H and O–H groups in total. The van der Waals surface area contributed by atoms with E-state index in [1.165, 1.54) is 17.0 Å². The lowest BCUT2D eigenvalue weighted by atomic mass is 9.93. The van der Waals surface area contributed by atoms with Crippen molar-refractivity contribution in [3.05, 3.63) is 0 Å². The third-order valence-electron chi connectivity index (χ3n) is 4.58. The van der Waals surface area contributed by atoms with Crippen molar-refractivity contribution in [2.45, 2.75) is 51.5 Å². The summed E-state index contributed by atoms with van der Waals surface area (Å²) in [6.07, 6.45) is 7.19. The first-order valence-electron chi connectivity index (χ1n) is 7.69. The zero-order valence-electron chi connectivity index (χ0n) is 12.5. The van der Waals surface area contributed by atoms with Gasteiger partial charge in [-0.15, -0.1) is 0 Å². The van der Waals surface area contributed by atoms with Gasteiger partial charge in [-0.2, -0.15) is 0 Å². The lowest BCUT2D eigenvalue weighted by Gasteiger charge is -2.39. The second-order valence-corrected chi connectivity index (χ2v) is 8.03. The number of hydrogen-bond donors (Lipinski definition) is 0. The fraction of sp³-hybridized carbons (Fsp3) is 0.929. The van der Waals surface area contributed by atoms with Gasteiger partial charge in [0.25, 0.3) is 0 Å². The summed E-state index contributed by atoms with van der Waals surface area (Å²) in [6, 6.07) is 0.352. The molecule has 0 saturated carbocycles. The Hall–Kier alpha value is -0.620. The smallest absolute Gasteiger partial charge is 0.227 e. The van der Waals surface area contributed by atoms with Crippen LogP contribution in [-0.4, -0.2) is 55.5 Å². The zero-order chi connectivity index (χ0) is 14.8. The minimum absolute atomic E-state index is 0.148. The van der Waals surface area contributed by atoms with Gasteiger partial charge in [0.15, 0.2) is 0 Å². The van der Waals surface area contributed by atoms with E-state index in [1.54, 1.807) is 0 Å². The van der Waals surface area contributed by atoms with Gasteiger partial charge in [0.05, 0.1) is 12.2 Å². The maximum absolute atomic E-state index is 12.7. The maximum atomic E-state index is 12.7. The summed E-state index contributed by atoms with van der Waals surface area (Å²) in [5, 5.41) is 0. The molecule has 0 aliphatic carbocycles. The molecule has 2 fully saturated rings. The van der Waals surface area contributed by atoms with Gasteiger partial charge >= 0.3 is 0 Å². The van der Waals surface area contributed by atoms with E-state index >= 15 is 0 Å². The lowest BCUT2D eigenvalue weighted by Crippen LogP contribution is -2.50. The van der Waals surface area contributed by atoms with Gasteiger partial charge in [-0.1, -0.05) is 6.92 Å². The highest BCUT2D eigenvalue weighted by atomic mass is 32.2. The van der Waals surface area contributed by atoms with Crippen molar-refractivity contribution in [2.24, 2.45) is 5.92 Å². The van der Waals surface area contributed by atoms with Gasteiger partial charge < -0.3 is 4.90 Å². The number of nitrogens with zero attached hydrogens (tertiary/aromatic N) is 2. The molecular weight excluding hydrogens is 276 g/mol. The fourth-order valence-electron chi connectivity index (χ4n) is 3.39. The molecule has 2 saturated heterocycles. The van der Waals surface area contributed by atoms with E-state index in [2.05, 4.69) is 6.92 Å². The van der Waals surface area contributed by atoms with E-state index in [9.17, 15) is 13.2 Å². The highest BCUT2D eigenvalue weighted by Crippen LogP contribution is 2.26. The Balaban J connectivity index is 2.04. The molecule has 2 atom stereocenters. The molecule has 2 rings (SSSR count). The lowest BCUT2D eigenvalue weighted by molar-refractivity contribution is -0.140. The van der Waals surface area contributed by atoms with E-state index in [4.69, 9.17) is 0 Å². The summed E-state index contributed by atoms with van der Waals surface area (Å²) in [7, 11) is -3.18. The number of sulfonamides is 1. The summed E-state index contributed by atoms with van der Waals surface area (Å²) in [5.74, 6) is 0.0236. The second-order valence-electron chi connectivity index (χ2n) is 6.05. The van der Waals surface area contributed by atoms with E-state index in [0.29, 0.717) is 19.1 Å². The Kier molecular flexibility index (Phi) is 5.07. The van der Waals surface area contributed by atoms with Gasteiger partial charge in [-0.25, -0.2) is 12.7 Å². The first-order valence-corrected chi connectivity index (χ1v) is 9.54. The molecular formula is C14H26N2O3S. The van der Waals surface area contributed by atoms with Crippen molar-refractivity contribution < 1.29 is 13.2 Å². The van der Waals surface area contributed by atoms with Gasteiger partial charge in [0.2, 0.25) is 15.9 Å². The summed E-state index contributed by atoms with van der Waals surface area (Å²) in [5.41, 5.74) is 0. The third kappa shape index (κ3) is 3.52. The van der Waals surface area contributed by atoms with E-state index in [-0.39, 0.29) is 11.8 Å². The number of piperidine rings is 2. The largest absolute Gasteiger partial charge is 0.339 e. The van der Waals surface area contributed by atoms with Crippen LogP contribution in [0.5, 0.6) is 0 Å². The normalized spacial score (nSPS) is 29.4.